The lowest BCUT2D eigenvalue weighted by molar-refractivity contribution is 0.390. The molecule has 1 aliphatic rings. The number of benzene rings is 1. The summed E-state index contributed by atoms with van der Waals surface area (Å²) in [7, 11) is 0. The molecule has 1 heterocycles. The molecule has 0 spiro atoms. The van der Waals surface area contributed by atoms with Gasteiger partial charge in [0.25, 0.3) is 0 Å². The zero-order valence-electron chi connectivity index (χ0n) is 12.3. The van der Waals surface area contributed by atoms with Gasteiger partial charge in [0.2, 0.25) is 0 Å². The largest absolute Gasteiger partial charge is 0.331 e. The van der Waals surface area contributed by atoms with Crippen LogP contribution in [-0.2, 0) is 6.54 Å². The highest BCUT2D eigenvalue weighted by atomic mass is 15.1. The molecule has 1 unspecified atom stereocenters. The first-order chi connectivity index (χ1) is 10.2. The number of hydrogen-bond acceptors (Lipinski definition) is 3. The van der Waals surface area contributed by atoms with E-state index < -0.39 is 5.54 Å². The monoisotopic (exact) mass is 280 g/mol. The fourth-order valence-electron chi connectivity index (χ4n) is 2.52. The molecule has 0 saturated heterocycles. The normalized spacial score (nSPS) is 17.1. The van der Waals surface area contributed by atoms with Gasteiger partial charge < -0.3 is 4.57 Å². The molecule has 0 bridgehead atoms. The van der Waals surface area contributed by atoms with Crippen molar-refractivity contribution in [2.24, 2.45) is 0 Å². The number of rotatable bonds is 6. The van der Waals surface area contributed by atoms with Crippen LogP contribution in [0.4, 0.5) is 0 Å². The van der Waals surface area contributed by atoms with Crippen molar-refractivity contribution in [2.45, 2.75) is 44.3 Å². The summed E-state index contributed by atoms with van der Waals surface area (Å²) in [5.74, 6) is 0.960. The predicted molar refractivity (Wildman–Crippen MR) is 82.5 cm³/mol. The molecule has 1 N–H and O–H groups in total. The van der Waals surface area contributed by atoms with Crippen LogP contribution in [0.2, 0.25) is 0 Å². The maximum atomic E-state index is 9.44. The molecule has 1 aromatic heterocycles. The van der Waals surface area contributed by atoms with Crippen LogP contribution >= 0.6 is 0 Å². The van der Waals surface area contributed by atoms with E-state index >= 15 is 0 Å². The van der Waals surface area contributed by atoms with Crippen LogP contribution in [0.15, 0.2) is 42.7 Å². The van der Waals surface area contributed by atoms with Gasteiger partial charge >= 0.3 is 0 Å². The molecule has 0 amide bonds. The highest BCUT2D eigenvalue weighted by Gasteiger charge is 2.32. The first-order valence-corrected chi connectivity index (χ1v) is 7.46. The van der Waals surface area contributed by atoms with Crippen molar-refractivity contribution in [1.82, 2.24) is 14.9 Å². The van der Waals surface area contributed by atoms with E-state index in [4.69, 9.17) is 0 Å². The van der Waals surface area contributed by atoms with E-state index in [-0.39, 0.29) is 0 Å². The highest BCUT2D eigenvalue weighted by molar-refractivity contribution is 5.55. The Hall–Kier alpha value is -2.12. The van der Waals surface area contributed by atoms with E-state index in [0.717, 1.165) is 24.4 Å². The molecule has 108 valence electrons. The molecule has 0 aliphatic heterocycles. The Morgan fingerprint density at radius 1 is 1.38 bits per heavy atom. The number of nitriles is 1. The van der Waals surface area contributed by atoms with Gasteiger partial charge in [0, 0.05) is 30.5 Å². The maximum Gasteiger partial charge on any atom is 0.139 e. The van der Waals surface area contributed by atoms with Gasteiger partial charge in [-0.2, -0.15) is 5.26 Å². The standard InChI is InChI=1S/C17H20N4/c1-17(13-18,20-15-7-8-15)9-11-21-12-10-19-16(21)14-5-3-2-4-6-14/h2-6,10,12,15,20H,7-9,11H2,1H3. The third-order valence-corrected chi connectivity index (χ3v) is 3.95. The third kappa shape index (κ3) is 3.32. The summed E-state index contributed by atoms with van der Waals surface area (Å²) in [5, 5.41) is 12.9. The molecule has 1 fully saturated rings. The molecule has 1 saturated carbocycles. The van der Waals surface area contributed by atoms with E-state index in [1.165, 1.54) is 12.8 Å². The highest BCUT2D eigenvalue weighted by Crippen LogP contribution is 2.25. The quantitative estimate of drug-likeness (QED) is 0.885. The third-order valence-electron chi connectivity index (χ3n) is 3.95. The number of nitrogens with zero attached hydrogens (tertiary/aromatic N) is 3. The van der Waals surface area contributed by atoms with Crippen LogP contribution in [0.3, 0.4) is 0 Å². The number of nitrogens with one attached hydrogen (secondary N) is 1. The van der Waals surface area contributed by atoms with Gasteiger partial charge in [-0.15, -0.1) is 0 Å². The van der Waals surface area contributed by atoms with Crippen LogP contribution in [0.1, 0.15) is 26.2 Å². The molecule has 3 rings (SSSR count). The van der Waals surface area contributed by atoms with Crippen LogP contribution in [0.25, 0.3) is 11.4 Å². The fourth-order valence-corrected chi connectivity index (χ4v) is 2.52. The minimum Gasteiger partial charge on any atom is -0.331 e. The number of aryl methyl sites for hydroxylation is 1. The zero-order valence-corrected chi connectivity index (χ0v) is 12.3. The minimum atomic E-state index is -0.459. The van der Waals surface area contributed by atoms with Crippen LogP contribution < -0.4 is 5.32 Å². The van der Waals surface area contributed by atoms with Gasteiger partial charge in [-0.3, -0.25) is 5.32 Å². The summed E-state index contributed by atoms with van der Waals surface area (Å²) < 4.78 is 2.12. The molecule has 0 radical (unpaired) electrons. The molecule has 4 nitrogen and oxygen atoms in total. The summed E-state index contributed by atoms with van der Waals surface area (Å²) in [6.45, 7) is 2.78. The van der Waals surface area contributed by atoms with Crippen molar-refractivity contribution in [3.8, 4) is 17.5 Å². The van der Waals surface area contributed by atoms with Crippen molar-refractivity contribution >= 4 is 0 Å². The fraction of sp³-hybridized carbons (Fsp3) is 0.412. The average molecular weight is 280 g/mol. The zero-order chi connectivity index (χ0) is 14.7. The molecular weight excluding hydrogens is 260 g/mol. The van der Waals surface area contributed by atoms with Crippen molar-refractivity contribution in [3.05, 3.63) is 42.7 Å². The van der Waals surface area contributed by atoms with Crippen molar-refractivity contribution in [2.75, 3.05) is 0 Å². The van der Waals surface area contributed by atoms with Crippen molar-refractivity contribution in [3.63, 3.8) is 0 Å². The minimum absolute atomic E-state index is 0.459. The Morgan fingerprint density at radius 2 is 2.14 bits per heavy atom. The van der Waals surface area contributed by atoms with E-state index in [1.807, 2.05) is 37.5 Å². The second-order valence-electron chi connectivity index (χ2n) is 5.92. The van der Waals surface area contributed by atoms with Gasteiger partial charge in [-0.05, 0) is 26.2 Å². The lowest BCUT2D eigenvalue weighted by Crippen LogP contribution is -2.43. The first kappa shape index (κ1) is 13.8. The van der Waals surface area contributed by atoms with Gasteiger partial charge in [0.1, 0.15) is 11.4 Å². The molecular formula is C17H20N4. The summed E-state index contributed by atoms with van der Waals surface area (Å²) in [6.07, 6.45) is 6.96. The smallest absolute Gasteiger partial charge is 0.139 e. The Kier molecular flexibility index (Phi) is 3.76. The summed E-state index contributed by atoms with van der Waals surface area (Å²) in [6, 6.07) is 13.1. The Bertz CT molecular complexity index is 636. The second kappa shape index (κ2) is 5.71. The molecule has 21 heavy (non-hydrogen) atoms. The first-order valence-electron chi connectivity index (χ1n) is 7.46. The number of aromatic nitrogens is 2. The topological polar surface area (TPSA) is 53.6 Å². The van der Waals surface area contributed by atoms with Gasteiger partial charge in [0.15, 0.2) is 0 Å². The number of imidazole rings is 1. The Labute approximate surface area is 125 Å². The van der Waals surface area contributed by atoms with Crippen LogP contribution in [0.5, 0.6) is 0 Å². The van der Waals surface area contributed by atoms with Crippen LogP contribution in [0, 0.1) is 11.3 Å². The molecule has 1 aliphatic carbocycles. The SMILES string of the molecule is CC(C#N)(CCn1ccnc1-c1ccccc1)NC1CC1. The molecule has 2 aromatic rings. The van der Waals surface area contributed by atoms with Gasteiger partial charge in [-0.25, -0.2) is 4.98 Å². The maximum absolute atomic E-state index is 9.44. The number of hydrogen-bond donors (Lipinski definition) is 1. The van der Waals surface area contributed by atoms with Crippen LogP contribution in [-0.4, -0.2) is 21.1 Å². The Balaban J connectivity index is 1.71. The second-order valence-corrected chi connectivity index (χ2v) is 5.92. The summed E-state index contributed by atoms with van der Waals surface area (Å²) >= 11 is 0. The van der Waals surface area contributed by atoms with E-state index in [9.17, 15) is 5.26 Å². The summed E-state index contributed by atoms with van der Waals surface area (Å²) in [5.41, 5.74) is 0.649. The van der Waals surface area contributed by atoms with E-state index in [0.29, 0.717) is 6.04 Å². The van der Waals surface area contributed by atoms with Crippen molar-refractivity contribution < 1.29 is 0 Å². The summed E-state index contributed by atoms with van der Waals surface area (Å²) in [4.78, 5) is 4.45. The molecule has 4 heteroatoms. The van der Waals surface area contributed by atoms with Gasteiger partial charge in [0.05, 0.1) is 6.07 Å². The van der Waals surface area contributed by atoms with Crippen molar-refractivity contribution in [1.29, 1.82) is 5.26 Å². The van der Waals surface area contributed by atoms with E-state index in [2.05, 4.69) is 33.1 Å². The van der Waals surface area contributed by atoms with E-state index in [1.54, 1.807) is 0 Å². The lowest BCUT2D eigenvalue weighted by atomic mass is 9.99. The lowest BCUT2D eigenvalue weighted by Gasteiger charge is -2.23. The molecule has 1 atom stereocenters. The Morgan fingerprint density at radius 3 is 2.81 bits per heavy atom. The average Bonchev–Trinajstić information content (AvgIpc) is 3.19. The van der Waals surface area contributed by atoms with Gasteiger partial charge in [-0.1, -0.05) is 30.3 Å². The predicted octanol–water partition coefficient (Wildman–Crippen LogP) is 2.97. The molecule has 1 aromatic carbocycles.